The van der Waals surface area contributed by atoms with Gasteiger partial charge in [0.1, 0.15) is 0 Å². The predicted molar refractivity (Wildman–Crippen MR) is 58.2 cm³/mol. The summed E-state index contributed by atoms with van der Waals surface area (Å²) in [5, 5.41) is 9.01. The van der Waals surface area contributed by atoms with Crippen molar-refractivity contribution in [3.8, 4) is 0 Å². The van der Waals surface area contributed by atoms with Crippen molar-refractivity contribution in [3.63, 3.8) is 0 Å². The van der Waals surface area contributed by atoms with Crippen LogP contribution in [0.3, 0.4) is 0 Å². The van der Waals surface area contributed by atoms with Gasteiger partial charge in [-0.05, 0) is 11.6 Å². The molecule has 0 saturated carbocycles. The van der Waals surface area contributed by atoms with Crippen LogP contribution in [0.1, 0.15) is 5.56 Å². The van der Waals surface area contributed by atoms with Gasteiger partial charge >= 0.3 is 0 Å². The van der Waals surface area contributed by atoms with Crippen molar-refractivity contribution in [1.29, 1.82) is 0 Å². The first-order valence-corrected chi connectivity index (χ1v) is 6.27. The van der Waals surface area contributed by atoms with Gasteiger partial charge in [-0.15, -0.1) is 0 Å². The first-order valence-electron chi connectivity index (χ1n) is 4.83. The number of sulfonamides is 1. The molecule has 0 bridgehead atoms. The van der Waals surface area contributed by atoms with Crippen molar-refractivity contribution in [2.24, 2.45) is 0 Å². The minimum Gasteiger partial charge on any atom is -0.392 e. The highest BCUT2D eigenvalue weighted by molar-refractivity contribution is 7.89. The van der Waals surface area contributed by atoms with Crippen LogP contribution in [0.15, 0.2) is 29.2 Å². The molecule has 0 atom stereocenters. The summed E-state index contributed by atoms with van der Waals surface area (Å²) in [6, 6.07) is 5.76. The maximum absolute atomic E-state index is 12.2. The second kappa shape index (κ2) is 5.52. The molecule has 4 nitrogen and oxygen atoms in total. The van der Waals surface area contributed by atoms with Crippen LogP contribution >= 0.6 is 0 Å². The van der Waals surface area contributed by atoms with E-state index in [1.54, 1.807) is 6.07 Å². The lowest BCUT2D eigenvalue weighted by atomic mass is 10.2. The molecule has 1 N–H and O–H groups in total. The molecule has 0 aliphatic rings. The van der Waals surface area contributed by atoms with Crippen molar-refractivity contribution in [1.82, 2.24) is 4.31 Å². The van der Waals surface area contributed by atoms with E-state index in [9.17, 15) is 17.2 Å². The zero-order valence-corrected chi connectivity index (χ0v) is 9.99. The average molecular weight is 265 g/mol. The van der Waals surface area contributed by atoms with Gasteiger partial charge in [-0.3, -0.25) is 0 Å². The Morgan fingerprint density at radius 1 is 1.35 bits per heavy atom. The zero-order valence-electron chi connectivity index (χ0n) is 9.18. The number of rotatable bonds is 5. The lowest BCUT2D eigenvalue weighted by Gasteiger charge is -2.18. The van der Waals surface area contributed by atoms with Crippen LogP contribution in [0, 0.1) is 0 Å². The summed E-state index contributed by atoms with van der Waals surface area (Å²) in [5.41, 5.74) is 0.189. The fourth-order valence-electron chi connectivity index (χ4n) is 1.35. The number of aliphatic hydroxyl groups excluding tert-OH is 1. The van der Waals surface area contributed by atoms with E-state index in [-0.39, 0.29) is 10.5 Å². The molecule has 0 unspecified atom stereocenters. The highest BCUT2D eigenvalue weighted by Gasteiger charge is 2.25. The summed E-state index contributed by atoms with van der Waals surface area (Å²) in [7, 11) is -2.90. The number of nitrogens with zero attached hydrogens (tertiary/aromatic N) is 1. The van der Waals surface area contributed by atoms with E-state index in [2.05, 4.69) is 0 Å². The van der Waals surface area contributed by atoms with E-state index in [4.69, 9.17) is 5.11 Å². The number of halogens is 2. The van der Waals surface area contributed by atoms with E-state index in [0.29, 0.717) is 4.31 Å². The van der Waals surface area contributed by atoms with Gasteiger partial charge < -0.3 is 5.11 Å². The number of aliphatic hydroxyl groups is 1. The van der Waals surface area contributed by atoms with E-state index >= 15 is 0 Å². The first kappa shape index (κ1) is 14.0. The van der Waals surface area contributed by atoms with E-state index < -0.39 is 29.6 Å². The van der Waals surface area contributed by atoms with Gasteiger partial charge in [-0.1, -0.05) is 18.2 Å². The fraction of sp³-hybridized carbons (Fsp3) is 0.400. The maximum Gasteiger partial charge on any atom is 0.252 e. The third kappa shape index (κ3) is 3.21. The van der Waals surface area contributed by atoms with Crippen LogP contribution in [-0.4, -0.2) is 37.8 Å². The summed E-state index contributed by atoms with van der Waals surface area (Å²) in [6.07, 6.45) is -2.74. The van der Waals surface area contributed by atoms with Crippen LogP contribution < -0.4 is 0 Å². The molecule has 0 spiro atoms. The third-order valence-corrected chi connectivity index (χ3v) is 4.15. The highest BCUT2D eigenvalue weighted by atomic mass is 32.2. The standard InChI is InChI=1S/C10H13F2NO3S/c1-13(6-10(11)12)17(15,16)9-5-3-2-4-8(9)7-14/h2-5,10,14H,6-7H2,1H3. The zero-order chi connectivity index (χ0) is 13.1. The molecular weight excluding hydrogens is 252 g/mol. The number of hydrogen-bond donors (Lipinski definition) is 1. The molecule has 1 aromatic rings. The lowest BCUT2D eigenvalue weighted by molar-refractivity contribution is 0.126. The molecule has 0 fully saturated rings. The van der Waals surface area contributed by atoms with Crippen molar-refractivity contribution < 1.29 is 22.3 Å². The minimum absolute atomic E-state index is 0.148. The van der Waals surface area contributed by atoms with Gasteiger partial charge in [0.2, 0.25) is 10.0 Å². The quantitative estimate of drug-likeness (QED) is 0.866. The largest absolute Gasteiger partial charge is 0.392 e. The van der Waals surface area contributed by atoms with E-state index in [1.807, 2.05) is 0 Å². The van der Waals surface area contributed by atoms with Crippen molar-refractivity contribution in [2.75, 3.05) is 13.6 Å². The van der Waals surface area contributed by atoms with E-state index in [1.165, 1.54) is 18.2 Å². The van der Waals surface area contributed by atoms with E-state index in [0.717, 1.165) is 7.05 Å². The molecule has 0 heterocycles. The SMILES string of the molecule is CN(CC(F)F)S(=O)(=O)c1ccccc1CO. The number of hydrogen-bond acceptors (Lipinski definition) is 3. The molecule has 1 rings (SSSR count). The van der Waals surface area contributed by atoms with Gasteiger partial charge in [0, 0.05) is 7.05 Å². The summed E-state index contributed by atoms with van der Waals surface area (Å²) in [6.45, 7) is -1.33. The molecule has 0 aromatic heterocycles. The second-order valence-corrected chi connectivity index (χ2v) is 5.46. The Morgan fingerprint density at radius 3 is 2.47 bits per heavy atom. The minimum atomic E-state index is -3.98. The summed E-state index contributed by atoms with van der Waals surface area (Å²) in [4.78, 5) is -0.148. The fourth-order valence-corrected chi connectivity index (χ4v) is 2.71. The summed E-state index contributed by atoms with van der Waals surface area (Å²) in [5.74, 6) is 0. The van der Waals surface area contributed by atoms with Gasteiger partial charge in [-0.25, -0.2) is 17.2 Å². The molecule has 0 saturated heterocycles. The Labute approximate surface area is 98.5 Å². The van der Waals surface area contributed by atoms with Crippen LogP contribution in [0.2, 0.25) is 0 Å². The predicted octanol–water partition coefficient (Wildman–Crippen LogP) is 1.06. The highest BCUT2D eigenvalue weighted by Crippen LogP contribution is 2.19. The molecular formula is C10H13F2NO3S. The van der Waals surface area contributed by atoms with Crippen LogP contribution in [0.4, 0.5) is 8.78 Å². The molecule has 0 aliphatic carbocycles. The van der Waals surface area contributed by atoms with Crippen molar-refractivity contribution in [3.05, 3.63) is 29.8 Å². The normalized spacial score (nSPS) is 12.4. The molecule has 0 amide bonds. The second-order valence-electron chi connectivity index (χ2n) is 3.44. The Hall–Kier alpha value is -1.05. The Bertz CT molecular complexity index is 476. The summed E-state index contributed by atoms with van der Waals surface area (Å²) >= 11 is 0. The average Bonchev–Trinajstić information content (AvgIpc) is 2.28. The molecule has 7 heteroatoms. The van der Waals surface area contributed by atoms with Gasteiger partial charge in [0.15, 0.2) is 0 Å². The molecule has 96 valence electrons. The monoisotopic (exact) mass is 265 g/mol. The summed E-state index contributed by atoms with van der Waals surface area (Å²) < 4.78 is 48.7. The van der Waals surface area contributed by atoms with Crippen LogP contribution in [0.5, 0.6) is 0 Å². The molecule has 0 radical (unpaired) electrons. The third-order valence-electron chi connectivity index (χ3n) is 2.23. The van der Waals surface area contributed by atoms with Gasteiger partial charge in [0.25, 0.3) is 6.43 Å². The molecule has 17 heavy (non-hydrogen) atoms. The van der Waals surface area contributed by atoms with Crippen molar-refractivity contribution >= 4 is 10.0 Å². The van der Waals surface area contributed by atoms with Crippen LogP contribution in [0.25, 0.3) is 0 Å². The van der Waals surface area contributed by atoms with Gasteiger partial charge in [-0.2, -0.15) is 4.31 Å². The Kier molecular flexibility index (Phi) is 4.55. The maximum atomic E-state index is 12.2. The Morgan fingerprint density at radius 2 is 1.94 bits per heavy atom. The topological polar surface area (TPSA) is 57.6 Å². The number of benzene rings is 1. The molecule has 0 aliphatic heterocycles. The first-order chi connectivity index (χ1) is 7.89. The smallest absolute Gasteiger partial charge is 0.252 e. The van der Waals surface area contributed by atoms with Crippen molar-refractivity contribution in [2.45, 2.75) is 17.9 Å². The molecule has 1 aromatic carbocycles. The number of alkyl halides is 2. The van der Waals surface area contributed by atoms with Gasteiger partial charge in [0.05, 0.1) is 18.0 Å². The Balaban J connectivity index is 3.13. The lowest BCUT2D eigenvalue weighted by Crippen LogP contribution is -2.32. The van der Waals surface area contributed by atoms with Crippen LogP contribution in [-0.2, 0) is 16.6 Å².